The van der Waals surface area contributed by atoms with Gasteiger partial charge in [-0.3, -0.25) is 0 Å². The maximum atomic E-state index is 10.1. The van der Waals surface area contributed by atoms with Gasteiger partial charge in [-0.2, -0.15) is 0 Å². The maximum absolute atomic E-state index is 10.1. The van der Waals surface area contributed by atoms with Crippen molar-refractivity contribution in [3.05, 3.63) is 12.2 Å². The van der Waals surface area contributed by atoms with Crippen LogP contribution in [0.2, 0.25) is 0 Å². The van der Waals surface area contributed by atoms with Crippen LogP contribution >= 0.6 is 0 Å². The molecular formula is C11H20O3. The Bertz CT molecular complexity index is 181. The molecule has 0 spiro atoms. The Kier molecular flexibility index (Phi) is 4.58. The van der Waals surface area contributed by atoms with E-state index in [0.29, 0.717) is 32.8 Å². The van der Waals surface area contributed by atoms with Gasteiger partial charge in [-0.15, -0.1) is 0 Å². The van der Waals surface area contributed by atoms with Crippen molar-refractivity contribution in [3.8, 4) is 0 Å². The number of hydrogen-bond donors (Lipinski definition) is 1. The minimum absolute atomic E-state index is 0.379. The van der Waals surface area contributed by atoms with Gasteiger partial charge in [0.15, 0.2) is 0 Å². The van der Waals surface area contributed by atoms with Crippen LogP contribution in [0.25, 0.3) is 0 Å². The maximum Gasteiger partial charge on any atom is 0.111 e. The first-order chi connectivity index (χ1) is 6.66. The van der Waals surface area contributed by atoms with E-state index in [4.69, 9.17) is 9.47 Å². The van der Waals surface area contributed by atoms with Gasteiger partial charge in [0.05, 0.1) is 26.4 Å². The summed E-state index contributed by atoms with van der Waals surface area (Å²) in [5.74, 6) is 0. The van der Waals surface area contributed by atoms with Gasteiger partial charge >= 0.3 is 0 Å². The van der Waals surface area contributed by atoms with Crippen molar-refractivity contribution in [2.24, 2.45) is 0 Å². The third kappa shape index (κ3) is 3.78. The molecule has 1 saturated heterocycles. The van der Waals surface area contributed by atoms with Crippen LogP contribution in [0.4, 0.5) is 0 Å². The Balaban J connectivity index is 2.35. The Morgan fingerprint density at radius 2 is 1.93 bits per heavy atom. The van der Waals surface area contributed by atoms with Crippen LogP contribution < -0.4 is 0 Å². The molecule has 0 radical (unpaired) electrons. The van der Waals surface area contributed by atoms with Crippen LogP contribution in [0.3, 0.4) is 0 Å². The van der Waals surface area contributed by atoms with Crippen molar-refractivity contribution < 1.29 is 14.6 Å². The van der Waals surface area contributed by atoms with E-state index in [0.717, 1.165) is 12.8 Å². The van der Waals surface area contributed by atoms with Gasteiger partial charge in [0, 0.05) is 0 Å². The molecule has 0 saturated carbocycles. The molecule has 1 aliphatic heterocycles. The van der Waals surface area contributed by atoms with E-state index in [1.807, 2.05) is 0 Å². The molecule has 82 valence electrons. The zero-order valence-corrected chi connectivity index (χ0v) is 8.92. The van der Waals surface area contributed by atoms with Crippen LogP contribution in [0.15, 0.2) is 12.2 Å². The first kappa shape index (κ1) is 11.7. The molecule has 1 rings (SSSR count). The van der Waals surface area contributed by atoms with E-state index in [9.17, 15) is 5.11 Å². The monoisotopic (exact) mass is 200 g/mol. The van der Waals surface area contributed by atoms with E-state index < -0.39 is 5.60 Å². The molecule has 1 heterocycles. The van der Waals surface area contributed by atoms with Crippen LogP contribution in [-0.2, 0) is 9.47 Å². The highest BCUT2D eigenvalue weighted by molar-refractivity contribution is 4.95. The molecule has 0 atom stereocenters. The van der Waals surface area contributed by atoms with Crippen molar-refractivity contribution >= 4 is 0 Å². The molecule has 3 heteroatoms. The first-order valence-corrected chi connectivity index (χ1v) is 5.21. The number of ether oxygens (including phenoxy) is 2. The van der Waals surface area contributed by atoms with Crippen molar-refractivity contribution in [2.75, 3.05) is 26.4 Å². The molecule has 1 fully saturated rings. The fraction of sp³-hybridized carbons (Fsp3) is 0.818. The molecule has 3 nitrogen and oxygen atoms in total. The third-order valence-electron chi connectivity index (χ3n) is 2.56. The number of allylic oxidation sites excluding steroid dienone is 1. The van der Waals surface area contributed by atoms with Crippen LogP contribution in [0.5, 0.6) is 0 Å². The number of hydrogen-bond acceptors (Lipinski definition) is 3. The molecule has 0 aromatic heterocycles. The van der Waals surface area contributed by atoms with E-state index in [1.165, 1.54) is 5.57 Å². The first-order valence-electron chi connectivity index (χ1n) is 5.21. The van der Waals surface area contributed by atoms with Crippen molar-refractivity contribution in [3.63, 3.8) is 0 Å². The lowest BCUT2D eigenvalue weighted by atomic mass is 9.96. The van der Waals surface area contributed by atoms with Gasteiger partial charge < -0.3 is 14.6 Å². The molecule has 14 heavy (non-hydrogen) atoms. The average molecular weight is 200 g/mol. The summed E-state index contributed by atoms with van der Waals surface area (Å²) in [4.78, 5) is 0. The van der Waals surface area contributed by atoms with E-state index in [1.54, 1.807) is 0 Å². The lowest BCUT2D eigenvalue weighted by Crippen LogP contribution is -2.38. The molecule has 1 aliphatic rings. The Morgan fingerprint density at radius 1 is 1.36 bits per heavy atom. The van der Waals surface area contributed by atoms with E-state index in [2.05, 4.69) is 13.5 Å². The minimum atomic E-state index is -0.811. The Morgan fingerprint density at radius 3 is 2.43 bits per heavy atom. The van der Waals surface area contributed by atoms with E-state index >= 15 is 0 Å². The van der Waals surface area contributed by atoms with Gasteiger partial charge in [-0.05, 0) is 19.3 Å². The standard InChI is InChI=1S/C11H20O3/c1-3-10(2)4-5-11(12)8-13-6-7-14-9-11/h12H,2-9H2,1H3. The highest BCUT2D eigenvalue weighted by Gasteiger charge is 2.29. The number of aliphatic hydroxyl groups is 1. The van der Waals surface area contributed by atoms with Crippen molar-refractivity contribution in [1.82, 2.24) is 0 Å². The quantitative estimate of drug-likeness (QED) is 0.699. The summed E-state index contributed by atoms with van der Waals surface area (Å²) in [5, 5.41) is 10.1. The molecule has 0 bridgehead atoms. The fourth-order valence-corrected chi connectivity index (χ4v) is 1.41. The topological polar surface area (TPSA) is 38.7 Å². The highest BCUT2D eigenvalue weighted by atomic mass is 16.6. The lowest BCUT2D eigenvalue weighted by molar-refractivity contribution is -0.0600. The third-order valence-corrected chi connectivity index (χ3v) is 2.56. The van der Waals surface area contributed by atoms with Crippen LogP contribution in [-0.4, -0.2) is 37.1 Å². The second kappa shape index (κ2) is 5.49. The Labute approximate surface area is 85.7 Å². The summed E-state index contributed by atoms with van der Waals surface area (Å²) in [5.41, 5.74) is 0.358. The molecule has 1 N–H and O–H groups in total. The summed E-state index contributed by atoms with van der Waals surface area (Å²) in [6.07, 6.45) is 2.50. The van der Waals surface area contributed by atoms with Gasteiger partial charge in [-0.25, -0.2) is 0 Å². The fourth-order valence-electron chi connectivity index (χ4n) is 1.41. The predicted octanol–water partition coefficient (Wildman–Crippen LogP) is 1.51. The van der Waals surface area contributed by atoms with Gasteiger partial charge in [-0.1, -0.05) is 19.1 Å². The summed E-state index contributed by atoms with van der Waals surface area (Å²) in [6.45, 7) is 7.91. The molecule has 0 aromatic rings. The van der Waals surface area contributed by atoms with Crippen LogP contribution in [0.1, 0.15) is 26.2 Å². The van der Waals surface area contributed by atoms with E-state index in [-0.39, 0.29) is 0 Å². The van der Waals surface area contributed by atoms with Crippen molar-refractivity contribution in [2.45, 2.75) is 31.8 Å². The zero-order valence-electron chi connectivity index (χ0n) is 8.92. The van der Waals surface area contributed by atoms with Gasteiger partial charge in [0.1, 0.15) is 5.60 Å². The summed E-state index contributed by atoms with van der Waals surface area (Å²) in [6, 6.07) is 0. The molecule has 0 aliphatic carbocycles. The minimum Gasteiger partial charge on any atom is -0.385 e. The molecule has 0 aromatic carbocycles. The average Bonchev–Trinajstić information content (AvgIpc) is 2.40. The second-order valence-electron chi connectivity index (χ2n) is 3.93. The highest BCUT2D eigenvalue weighted by Crippen LogP contribution is 2.20. The molecule has 0 amide bonds. The summed E-state index contributed by atoms with van der Waals surface area (Å²) in [7, 11) is 0. The van der Waals surface area contributed by atoms with Crippen molar-refractivity contribution in [1.29, 1.82) is 0 Å². The predicted molar refractivity (Wildman–Crippen MR) is 55.3 cm³/mol. The smallest absolute Gasteiger partial charge is 0.111 e. The molecule has 0 unspecified atom stereocenters. The summed E-state index contributed by atoms with van der Waals surface area (Å²) >= 11 is 0. The van der Waals surface area contributed by atoms with Gasteiger partial charge in [0.2, 0.25) is 0 Å². The molecular weight excluding hydrogens is 180 g/mol. The second-order valence-corrected chi connectivity index (χ2v) is 3.93. The SMILES string of the molecule is C=C(CC)CCC1(O)COCCOC1. The van der Waals surface area contributed by atoms with Gasteiger partial charge in [0.25, 0.3) is 0 Å². The van der Waals surface area contributed by atoms with Crippen LogP contribution in [0, 0.1) is 0 Å². The number of rotatable bonds is 4. The Hall–Kier alpha value is -0.380. The lowest BCUT2D eigenvalue weighted by Gasteiger charge is -2.25. The largest absolute Gasteiger partial charge is 0.385 e. The normalized spacial score (nSPS) is 21.6. The zero-order chi connectivity index (χ0) is 10.4. The summed E-state index contributed by atoms with van der Waals surface area (Å²) < 4.78 is 10.5.